The van der Waals surface area contributed by atoms with E-state index in [1.807, 2.05) is 0 Å². The maximum atomic E-state index is 14.7. The van der Waals surface area contributed by atoms with Crippen LogP contribution in [0.3, 0.4) is 0 Å². The van der Waals surface area contributed by atoms with E-state index >= 15 is 0 Å². The second-order valence-corrected chi connectivity index (χ2v) is 6.59. The van der Waals surface area contributed by atoms with Crippen LogP contribution in [0.2, 0.25) is 0 Å². The summed E-state index contributed by atoms with van der Waals surface area (Å²) in [6, 6.07) is 5.97. The molecule has 7 nitrogen and oxygen atoms in total. The summed E-state index contributed by atoms with van der Waals surface area (Å²) in [7, 11) is 1.27. The third kappa shape index (κ3) is 2.83. The Balaban J connectivity index is 1.84. The molecule has 1 N–H and O–H groups in total. The largest absolute Gasteiger partial charge is 0.464 e. The molecular formula is C17H11F2N5O2S. The Bertz CT molecular complexity index is 1190. The Labute approximate surface area is 155 Å². The molecular weight excluding hydrogens is 376 g/mol. The van der Waals surface area contributed by atoms with Crippen molar-refractivity contribution in [3.8, 4) is 21.8 Å². The maximum Gasteiger partial charge on any atom is 0.367 e. The number of carbonyl (C=O) groups is 1. The van der Waals surface area contributed by atoms with Crippen molar-refractivity contribution in [2.45, 2.75) is 6.92 Å². The number of carbonyl (C=O) groups excluding carboxylic acids is 1. The Hall–Kier alpha value is -3.27. The van der Waals surface area contributed by atoms with Gasteiger partial charge in [-0.2, -0.15) is 0 Å². The van der Waals surface area contributed by atoms with Gasteiger partial charge in [0.05, 0.1) is 29.1 Å². The second-order valence-electron chi connectivity index (χ2n) is 5.59. The molecule has 10 heteroatoms. The van der Waals surface area contributed by atoms with Crippen LogP contribution >= 0.6 is 11.3 Å². The number of aryl methyl sites for hydroxylation is 1. The highest BCUT2D eigenvalue weighted by molar-refractivity contribution is 7.17. The van der Waals surface area contributed by atoms with Gasteiger partial charge in [-0.15, -0.1) is 16.4 Å². The summed E-state index contributed by atoms with van der Waals surface area (Å²) in [6.45, 7) is 1.73. The highest BCUT2D eigenvalue weighted by Crippen LogP contribution is 2.32. The number of rotatable bonds is 3. The first kappa shape index (κ1) is 17.2. The van der Waals surface area contributed by atoms with Crippen LogP contribution in [0, 0.1) is 18.6 Å². The number of thiazole rings is 1. The SMILES string of the molecule is COC(=O)c1nc(C)c(-c2cccc(-c3cc(F)c4[nH]nnc4c3F)n2)s1. The van der Waals surface area contributed by atoms with Gasteiger partial charge < -0.3 is 4.74 Å². The summed E-state index contributed by atoms with van der Waals surface area (Å²) in [4.78, 5) is 20.9. The lowest BCUT2D eigenvalue weighted by atomic mass is 10.1. The van der Waals surface area contributed by atoms with E-state index in [2.05, 4.69) is 30.1 Å². The highest BCUT2D eigenvalue weighted by Gasteiger charge is 2.20. The number of aromatic nitrogens is 5. The molecule has 3 aromatic heterocycles. The molecule has 0 aliphatic rings. The van der Waals surface area contributed by atoms with Gasteiger partial charge in [-0.05, 0) is 25.1 Å². The summed E-state index contributed by atoms with van der Waals surface area (Å²) < 4.78 is 33.6. The predicted molar refractivity (Wildman–Crippen MR) is 94.2 cm³/mol. The molecule has 0 radical (unpaired) electrons. The smallest absolute Gasteiger partial charge is 0.367 e. The molecule has 0 bridgehead atoms. The molecule has 0 saturated heterocycles. The van der Waals surface area contributed by atoms with E-state index in [1.54, 1.807) is 25.1 Å². The molecule has 27 heavy (non-hydrogen) atoms. The molecule has 0 atom stereocenters. The van der Waals surface area contributed by atoms with Crippen LogP contribution in [0.25, 0.3) is 32.9 Å². The number of fused-ring (bicyclic) bond motifs is 1. The number of halogens is 2. The van der Waals surface area contributed by atoms with Crippen molar-refractivity contribution < 1.29 is 18.3 Å². The zero-order valence-electron chi connectivity index (χ0n) is 14.1. The second kappa shape index (κ2) is 6.47. The lowest BCUT2D eigenvalue weighted by Crippen LogP contribution is -1.99. The van der Waals surface area contributed by atoms with Crippen LogP contribution in [-0.2, 0) is 4.74 Å². The van der Waals surface area contributed by atoms with Gasteiger partial charge in [0.2, 0.25) is 5.01 Å². The monoisotopic (exact) mass is 387 g/mol. The van der Waals surface area contributed by atoms with Crippen molar-refractivity contribution in [2.24, 2.45) is 0 Å². The Morgan fingerprint density at radius 3 is 2.78 bits per heavy atom. The molecule has 0 saturated carbocycles. The van der Waals surface area contributed by atoms with E-state index in [1.165, 1.54) is 7.11 Å². The normalized spacial score (nSPS) is 11.1. The summed E-state index contributed by atoms with van der Waals surface area (Å²) in [5, 5.41) is 9.54. The van der Waals surface area contributed by atoms with Gasteiger partial charge in [0.25, 0.3) is 0 Å². The minimum atomic E-state index is -0.721. The average molecular weight is 387 g/mol. The molecule has 3 heterocycles. The maximum absolute atomic E-state index is 14.7. The van der Waals surface area contributed by atoms with Gasteiger partial charge in [-0.1, -0.05) is 11.3 Å². The van der Waals surface area contributed by atoms with Crippen molar-refractivity contribution in [1.29, 1.82) is 0 Å². The van der Waals surface area contributed by atoms with Gasteiger partial charge in [0.1, 0.15) is 5.52 Å². The minimum absolute atomic E-state index is 0.0360. The zero-order chi connectivity index (χ0) is 19.1. The summed E-state index contributed by atoms with van der Waals surface area (Å²) in [5.74, 6) is -1.95. The molecule has 0 aliphatic heterocycles. The Morgan fingerprint density at radius 2 is 2.00 bits per heavy atom. The number of H-pyrrole nitrogens is 1. The number of pyridine rings is 1. The molecule has 4 aromatic rings. The van der Waals surface area contributed by atoms with Crippen LogP contribution in [0.1, 0.15) is 15.5 Å². The van der Waals surface area contributed by atoms with Crippen LogP contribution in [0.5, 0.6) is 0 Å². The van der Waals surface area contributed by atoms with Gasteiger partial charge >= 0.3 is 5.97 Å². The number of nitrogens with zero attached hydrogens (tertiary/aromatic N) is 4. The van der Waals surface area contributed by atoms with Crippen LogP contribution in [0.4, 0.5) is 8.78 Å². The molecule has 0 spiro atoms. The van der Waals surface area contributed by atoms with Gasteiger partial charge in [-0.3, -0.25) is 5.10 Å². The standard InChI is InChI=1S/C17H11F2N5O2S/c1-7-15(27-16(20-7)17(25)26-2)11-5-3-4-10(21-11)8-6-9(18)13-14(12(8)19)23-24-22-13/h3-6H,1-2H3,(H,22,23,24). The molecule has 136 valence electrons. The van der Waals surface area contributed by atoms with Crippen molar-refractivity contribution in [3.63, 3.8) is 0 Å². The summed E-state index contributed by atoms with van der Waals surface area (Å²) >= 11 is 1.12. The van der Waals surface area contributed by atoms with Gasteiger partial charge in [0.15, 0.2) is 17.2 Å². The number of benzene rings is 1. The number of nitrogens with one attached hydrogen (secondary N) is 1. The van der Waals surface area contributed by atoms with Gasteiger partial charge in [-0.25, -0.2) is 23.5 Å². The number of esters is 1. The number of methoxy groups -OCH3 is 1. The number of aromatic amines is 1. The predicted octanol–water partition coefficient (Wildman–Crippen LogP) is 3.52. The number of hydrogen-bond donors (Lipinski definition) is 1. The minimum Gasteiger partial charge on any atom is -0.464 e. The number of hydrogen-bond acceptors (Lipinski definition) is 7. The fourth-order valence-electron chi connectivity index (χ4n) is 2.64. The summed E-state index contributed by atoms with van der Waals surface area (Å²) in [5.41, 5.74) is 0.960. The van der Waals surface area contributed by atoms with E-state index in [0.29, 0.717) is 16.3 Å². The third-order valence-corrected chi connectivity index (χ3v) is 5.08. The Kier molecular flexibility index (Phi) is 4.11. The molecule has 1 aromatic carbocycles. The molecule has 0 fully saturated rings. The first-order valence-corrected chi connectivity index (χ1v) is 8.53. The van der Waals surface area contributed by atoms with Crippen LogP contribution < -0.4 is 0 Å². The first-order chi connectivity index (χ1) is 13.0. The van der Waals surface area contributed by atoms with Crippen LogP contribution in [0.15, 0.2) is 24.3 Å². The zero-order valence-corrected chi connectivity index (χ0v) is 14.9. The lowest BCUT2D eigenvalue weighted by Gasteiger charge is -2.06. The fraction of sp³-hybridized carbons (Fsp3) is 0.118. The van der Waals surface area contributed by atoms with E-state index in [9.17, 15) is 13.6 Å². The Morgan fingerprint density at radius 1 is 1.22 bits per heavy atom. The van der Waals surface area contributed by atoms with E-state index < -0.39 is 17.6 Å². The van der Waals surface area contributed by atoms with Crippen molar-refractivity contribution in [3.05, 3.63) is 46.6 Å². The van der Waals surface area contributed by atoms with Crippen molar-refractivity contribution >= 4 is 28.3 Å². The molecule has 0 unspecified atom stereocenters. The number of ether oxygens (including phenoxy) is 1. The van der Waals surface area contributed by atoms with Crippen LogP contribution in [-0.4, -0.2) is 38.5 Å². The first-order valence-electron chi connectivity index (χ1n) is 7.72. The molecule has 0 aliphatic carbocycles. The molecule has 0 amide bonds. The van der Waals surface area contributed by atoms with Crippen molar-refractivity contribution in [2.75, 3.05) is 7.11 Å². The topological polar surface area (TPSA) is 93.7 Å². The van der Waals surface area contributed by atoms with Crippen molar-refractivity contribution in [1.82, 2.24) is 25.4 Å². The molecule has 4 rings (SSSR count). The average Bonchev–Trinajstić information content (AvgIpc) is 3.31. The highest BCUT2D eigenvalue weighted by atomic mass is 32.1. The van der Waals surface area contributed by atoms with E-state index in [4.69, 9.17) is 0 Å². The summed E-state index contributed by atoms with van der Waals surface area (Å²) in [6.07, 6.45) is 0. The van der Waals surface area contributed by atoms with E-state index in [0.717, 1.165) is 17.4 Å². The lowest BCUT2D eigenvalue weighted by molar-refractivity contribution is 0.0600. The van der Waals surface area contributed by atoms with Gasteiger partial charge in [0, 0.05) is 5.56 Å². The quantitative estimate of drug-likeness (QED) is 0.541. The fourth-order valence-corrected chi connectivity index (χ4v) is 3.60. The van der Waals surface area contributed by atoms with E-state index in [-0.39, 0.29) is 27.3 Å². The third-order valence-electron chi connectivity index (χ3n) is 3.92.